The second-order valence-corrected chi connectivity index (χ2v) is 5.57. The van der Waals surface area contributed by atoms with Crippen LogP contribution in [0.5, 0.6) is 0 Å². The summed E-state index contributed by atoms with van der Waals surface area (Å²) in [6.07, 6.45) is 4.36. The zero-order valence-electron chi connectivity index (χ0n) is 12.9. The molecule has 3 nitrogen and oxygen atoms in total. The van der Waals surface area contributed by atoms with Gasteiger partial charge in [-0.25, -0.2) is 0 Å². The number of rotatable bonds is 2. The van der Waals surface area contributed by atoms with Crippen LogP contribution in [0.25, 0.3) is 0 Å². The standard InChI is InChI=1S/C18H23NO2/c1-3-16-8-4-5-11-19(16)18(21)17-10-9-14(2)13-15(17)7-6-12-20/h9-10,13,16,20H,3-5,8,11-12H2,1-2H3. The molecule has 0 radical (unpaired) electrons. The lowest BCUT2D eigenvalue weighted by Crippen LogP contribution is -2.43. The molecule has 1 fully saturated rings. The van der Waals surface area contributed by atoms with Gasteiger partial charge in [0.15, 0.2) is 0 Å². The van der Waals surface area contributed by atoms with Gasteiger partial charge in [-0.2, -0.15) is 0 Å². The third-order valence-corrected chi connectivity index (χ3v) is 4.07. The predicted octanol–water partition coefficient (Wildman–Crippen LogP) is 2.74. The Morgan fingerprint density at radius 2 is 2.24 bits per heavy atom. The Morgan fingerprint density at radius 1 is 1.43 bits per heavy atom. The topological polar surface area (TPSA) is 40.5 Å². The first-order valence-electron chi connectivity index (χ1n) is 7.68. The first-order valence-corrected chi connectivity index (χ1v) is 7.68. The second kappa shape index (κ2) is 7.28. The number of hydrogen-bond acceptors (Lipinski definition) is 2. The molecule has 0 saturated carbocycles. The van der Waals surface area contributed by atoms with Crippen LogP contribution in [-0.4, -0.2) is 35.1 Å². The fourth-order valence-electron chi connectivity index (χ4n) is 2.93. The number of carbonyl (C=O) groups is 1. The van der Waals surface area contributed by atoms with Gasteiger partial charge in [-0.15, -0.1) is 0 Å². The van der Waals surface area contributed by atoms with Crippen molar-refractivity contribution in [1.82, 2.24) is 4.90 Å². The van der Waals surface area contributed by atoms with E-state index in [2.05, 4.69) is 18.8 Å². The van der Waals surface area contributed by atoms with Crippen LogP contribution in [0.2, 0.25) is 0 Å². The van der Waals surface area contributed by atoms with E-state index in [9.17, 15) is 4.79 Å². The van der Waals surface area contributed by atoms with Crippen molar-refractivity contribution in [3.8, 4) is 11.8 Å². The van der Waals surface area contributed by atoms with Gasteiger partial charge in [0.2, 0.25) is 0 Å². The van der Waals surface area contributed by atoms with Crippen molar-refractivity contribution in [2.75, 3.05) is 13.2 Å². The van der Waals surface area contributed by atoms with Gasteiger partial charge in [-0.1, -0.05) is 24.8 Å². The largest absolute Gasteiger partial charge is 0.384 e. The van der Waals surface area contributed by atoms with Gasteiger partial charge in [-0.3, -0.25) is 4.79 Å². The summed E-state index contributed by atoms with van der Waals surface area (Å²) >= 11 is 0. The van der Waals surface area contributed by atoms with Crippen LogP contribution < -0.4 is 0 Å². The van der Waals surface area contributed by atoms with Gasteiger partial charge in [0.1, 0.15) is 6.61 Å². The summed E-state index contributed by atoms with van der Waals surface area (Å²) in [7, 11) is 0. The van der Waals surface area contributed by atoms with Crippen molar-refractivity contribution in [3.05, 3.63) is 34.9 Å². The molecular weight excluding hydrogens is 262 g/mol. The summed E-state index contributed by atoms with van der Waals surface area (Å²) in [4.78, 5) is 14.9. The Balaban J connectivity index is 2.33. The molecule has 2 rings (SSSR count). The molecule has 1 atom stereocenters. The van der Waals surface area contributed by atoms with Crippen LogP contribution >= 0.6 is 0 Å². The minimum absolute atomic E-state index is 0.0730. The Labute approximate surface area is 127 Å². The average Bonchev–Trinajstić information content (AvgIpc) is 2.52. The van der Waals surface area contributed by atoms with E-state index < -0.39 is 0 Å². The van der Waals surface area contributed by atoms with E-state index in [1.807, 2.05) is 30.0 Å². The van der Waals surface area contributed by atoms with Crippen molar-refractivity contribution in [2.24, 2.45) is 0 Å². The molecule has 1 aliphatic heterocycles. The van der Waals surface area contributed by atoms with E-state index >= 15 is 0 Å². The molecule has 112 valence electrons. The van der Waals surface area contributed by atoms with Crippen LogP contribution in [-0.2, 0) is 0 Å². The molecule has 1 aromatic rings. The highest BCUT2D eigenvalue weighted by molar-refractivity contribution is 5.97. The summed E-state index contributed by atoms with van der Waals surface area (Å²) < 4.78 is 0. The summed E-state index contributed by atoms with van der Waals surface area (Å²) in [5.74, 6) is 5.63. The Kier molecular flexibility index (Phi) is 5.41. The number of aliphatic hydroxyl groups excluding tert-OH is 1. The molecule has 0 aromatic heterocycles. The zero-order chi connectivity index (χ0) is 15.2. The number of aryl methyl sites for hydroxylation is 1. The second-order valence-electron chi connectivity index (χ2n) is 5.57. The normalized spacial score (nSPS) is 18.0. The highest BCUT2D eigenvalue weighted by Gasteiger charge is 2.27. The molecule has 1 heterocycles. The van der Waals surface area contributed by atoms with Gasteiger partial charge >= 0.3 is 0 Å². The van der Waals surface area contributed by atoms with Crippen molar-refractivity contribution >= 4 is 5.91 Å². The monoisotopic (exact) mass is 285 g/mol. The average molecular weight is 285 g/mol. The van der Waals surface area contributed by atoms with Crippen molar-refractivity contribution < 1.29 is 9.90 Å². The van der Waals surface area contributed by atoms with E-state index in [-0.39, 0.29) is 12.5 Å². The number of piperidine rings is 1. The molecular formula is C18H23NO2. The van der Waals surface area contributed by atoms with E-state index in [4.69, 9.17) is 5.11 Å². The fourth-order valence-corrected chi connectivity index (χ4v) is 2.93. The van der Waals surface area contributed by atoms with Crippen molar-refractivity contribution in [3.63, 3.8) is 0 Å². The van der Waals surface area contributed by atoms with Gasteiger partial charge in [-0.05, 0) is 50.3 Å². The summed E-state index contributed by atoms with van der Waals surface area (Å²) in [5.41, 5.74) is 2.44. The Bertz CT molecular complexity index is 568. The maximum Gasteiger partial charge on any atom is 0.255 e. The van der Waals surface area contributed by atoms with Gasteiger partial charge in [0.25, 0.3) is 5.91 Å². The molecule has 0 spiro atoms. The molecule has 1 saturated heterocycles. The molecule has 0 aliphatic carbocycles. The maximum atomic E-state index is 12.9. The first-order chi connectivity index (χ1) is 10.2. The number of benzene rings is 1. The number of likely N-dealkylation sites (tertiary alicyclic amines) is 1. The molecule has 1 unspecified atom stereocenters. The minimum Gasteiger partial charge on any atom is -0.384 e. The van der Waals surface area contributed by atoms with E-state index in [0.717, 1.165) is 36.9 Å². The van der Waals surface area contributed by atoms with Crippen LogP contribution in [0.4, 0.5) is 0 Å². The molecule has 1 amide bonds. The molecule has 3 heteroatoms. The molecule has 21 heavy (non-hydrogen) atoms. The van der Waals surface area contributed by atoms with Gasteiger partial charge in [0, 0.05) is 18.2 Å². The lowest BCUT2D eigenvalue weighted by atomic mass is 9.97. The summed E-state index contributed by atoms with van der Waals surface area (Å²) in [5, 5.41) is 8.89. The summed E-state index contributed by atoms with van der Waals surface area (Å²) in [6.45, 7) is 4.76. The summed E-state index contributed by atoms with van der Waals surface area (Å²) in [6, 6.07) is 6.06. The molecule has 0 bridgehead atoms. The maximum absolute atomic E-state index is 12.9. The van der Waals surface area contributed by atoms with Gasteiger partial charge in [0.05, 0.1) is 5.56 Å². The van der Waals surface area contributed by atoms with E-state index in [0.29, 0.717) is 11.6 Å². The van der Waals surface area contributed by atoms with Crippen molar-refractivity contribution in [2.45, 2.75) is 45.6 Å². The van der Waals surface area contributed by atoms with E-state index in [1.54, 1.807) is 0 Å². The highest BCUT2D eigenvalue weighted by atomic mass is 16.2. The number of nitrogens with zero attached hydrogens (tertiary/aromatic N) is 1. The minimum atomic E-state index is -0.192. The smallest absolute Gasteiger partial charge is 0.255 e. The third kappa shape index (κ3) is 3.65. The van der Waals surface area contributed by atoms with Crippen LogP contribution in [0.3, 0.4) is 0 Å². The lowest BCUT2D eigenvalue weighted by Gasteiger charge is -2.35. The lowest BCUT2D eigenvalue weighted by molar-refractivity contribution is 0.0608. The third-order valence-electron chi connectivity index (χ3n) is 4.07. The van der Waals surface area contributed by atoms with Gasteiger partial charge < -0.3 is 10.0 Å². The SMILES string of the molecule is CCC1CCCCN1C(=O)c1ccc(C)cc1C#CCO. The number of carbonyl (C=O) groups excluding carboxylic acids is 1. The quantitative estimate of drug-likeness (QED) is 0.849. The highest BCUT2D eigenvalue weighted by Crippen LogP contribution is 2.23. The number of amides is 1. The van der Waals surface area contributed by atoms with Crippen molar-refractivity contribution in [1.29, 1.82) is 0 Å². The number of aliphatic hydroxyl groups is 1. The van der Waals surface area contributed by atoms with Crippen LogP contribution in [0.1, 0.15) is 54.1 Å². The molecule has 1 N–H and O–H groups in total. The Morgan fingerprint density at radius 3 is 2.95 bits per heavy atom. The van der Waals surface area contributed by atoms with E-state index in [1.165, 1.54) is 6.42 Å². The predicted molar refractivity (Wildman–Crippen MR) is 84.1 cm³/mol. The van der Waals surface area contributed by atoms with Crippen LogP contribution in [0.15, 0.2) is 18.2 Å². The molecule has 1 aliphatic rings. The fraction of sp³-hybridized carbons (Fsp3) is 0.500. The van der Waals surface area contributed by atoms with Crippen LogP contribution in [0, 0.1) is 18.8 Å². The first kappa shape index (κ1) is 15.6. The molecule has 1 aromatic carbocycles. The number of hydrogen-bond donors (Lipinski definition) is 1. The zero-order valence-corrected chi connectivity index (χ0v) is 12.9. The Hall–Kier alpha value is -1.79.